The van der Waals surface area contributed by atoms with Crippen molar-refractivity contribution < 1.29 is 20.3 Å². The van der Waals surface area contributed by atoms with Gasteiger partial charge in [-0.3, -0.25) is 19.5 Å². The molecule has 0 bridgehead atoms. The number of hydrogen-bond acceptors (Lipinski definition) is 9. The maximum Gasteiger partial charge on any atom is 0.255 e. The summed E-state index contributed by atoms with van der Waals surface area (Å²) >= 11 is 0. The van der Waals surface area contributed by atoms with Crippen LogP contribution in [-0.4, -0.2) is 75.9 Å². The van der Waals surface area contributed by atoms with Crippen LogP contribution in [0.2, 0.25) is 0 Å². The van der Waals surface area contributed by atoms with E-state index in [2.05, 4.69) is 43.1 Å². The molecule has 0 unspecified atom stereocenters. The number of anilines is 1. The number of fused-ring (bicyclic) bond motifs is 1. The van der Waals surface area contributed by atoms with Crippen molar-refractivity contribution in [3.8, 4) is 0 Å². The predicted molar refractivity (Wildman–Crippen MR) is 112 cm³/mol. The van der Waals surface area contributed by atoms with Crippen LogP contribution in [0.15, 0.2) is 42.4 Å². The number of carbonyl (C=O) groups excluding carboxylic acids is 2. The highest BCUT2D eigenvalue weighted by Gasteiger charge is 2.36. The third-order valence-corrected chi connectivity index (χ3v) is 5.70. The molecule has 0 atom stereocenters. The molecule has 31 heavy (non-hydrogen) atoms. The van der Waals surface area contributed by atoms with E-state index in [4.69, 9.17) is 0 Å². The lowest BCUT2D eigenvalue weighted by Crippen LogP contribution is -2.81. The Morgan fingerprint density at radius 3 is 2.68 bits per heavy atom. The lowest BCUT2D eigenvalue weighted by Gasteiger charge is -2.36. The van der Waals surface area contributed by atoms with E-state index in [0.717, 1.165) is 39.1 Å². The lowest BCUT2D eigenvalue weighted by molar-refractivity contribution is -0.846. The number of nitrogens with zero attached hydrogens (tertiary/aromatic N) is 5. The number of aromatic nitrogens is 3. The van der Waals surface area contributed by atoms with Crippen molar-refractivity contribution >= 4 is 17.3 Å². The molecule has 2 aromatic heterocycles. The SMILES string of the molecule is Cc1cnccc1N1CCN(CCCNC2=C([NH2+]O)C(=O)c3cncnc3C2=O)CC1. The van der Waals surface area contributed by atoms with Gasteiger partial charge in [0, 0.05) is 57.0 Å². The molecule has 1 aliphatic heterocycles. The second kappa shape index (κ2) is 9.29. The predicted octanol–water partition coefficient (Wildman–Crippen LogP) is -0.475. The number of Topliss-reactive ketones (excluding diaryl/α,β-unsaturated/α-hetero) is 2. The van der Waals surface area contributed by atoms with E-state index < -0.39 is 11.6 Å². The molecule has 1 saturated heterocycles. The maximum atomic E-state index is 12.7. The molecule has 1 fully saturated rings. The number of piperazine rings is 1. The van der Waals surface area contributed by atoms with E-state index in [0.29, 0.717) is 12.0 Å². The number of allylic oxidation sites excluding steroid dienone is 2. The van der Waals surface area contributed by atoms with Crippen molar-refractivity contribution in [2.75, 3.05) is 44.2 Å². The summed E-state index contributed by atoms with van der Waals surface area (Å²) in [4.78, 5) is 41.9. The van der Waals surface area contributed by atoms with Gasteiger partial charge in [-0.2, -0.15) is 5.48 Å². The van der Waals surface area contributed by atoms with Gasteiger partial charge in [-0.1, -0.05) is 0 Å². The number of nitrogens with two attached hydrogens (primary N) is 1. The smallest absolute Gasteiger partial charge is 0.255 e. The molecule has 3 heterocycles. The van der Waals surface area contributed by atoms with Gasteiger partial charge in [0.2, 0.25) is 11.5 Å². The fraction of sp³-hybridized carbons (Fsp3) is 0.381. The van der Waals surface area contributed by atoms with Crippen molar-refractivity contribution in [2.24, 2.45) is 0 Å². The Morgan fingerprint density at radius 2 is 1.94 bits per heavy atom. The highest BCUT2D eigenvalue weighted by molar-refractivity contribution is 6.24. The van der Waals surface area contributed by atoms with Gasteiger partial charge in [0.25, 0.3) is 5.78 Å². The molecule has 4 rings (SSSR count). The number of nitrogens with one attached hydrogen (secondary N) is 1. The lowest BCUT2D eigenvalue weighted by atomic mass is 9.96. The maximum absolute atomic E-state index is 12.7. The normalized spacial score (nSPS) is 17.2. The molecule has 0 spiro atoms. The number of rotatable bonds is 7. The van der Waals surface area contributed by atoms with Gasteiger partial charge >= 0.3 is 0 Å². The molecule has 0 radical (unpaired) electrons. The van der Waals surface area contributed by atoms with Crippen molar-refractivity contribution in [1.82, 2.24) is 25.2 Å². The van der Waals surface area contributed by atoms with Crippen LogP contribution < -0.4 is 15.7 Å². The largest absolute Gasteiger partial charge is 0.377 e. The zero-order valence-electron chi connectivity index (χ0n) is 17.4. The fourth-order valence-electron chi connectivity index (χ4n) is 4.02. The van der Waals surface area contributed by atoms with Crippen LogP contribution in [0, 0.1) is 6.92 Å². The quantitative estimate of drug-likeness (QED) is 0.399. The first kappa shape index (κ1) is 21.0. The molecule has 1 aliphatic carbocycles. The number of aryl methyl sites for hydroxylation is 1. The number of ketones is 2. The van der Waals surface area contributed by atoms with Crippen molar-refractivity contribution in [1.29, 1.82) is 0 Å². The number of hydroxylamine groups is 1. The number of quaternary nitrogens is 1. The second-order valence-corrected chi connectivity index (χ2v) is 7.63. The van der Waals surface area contributed by atoms with Crippen molar-refractivity contribution in [3.05, 3.63) is 59.2 Å². The van der Waals surface area contributed by atoms with E-state index >= 15 is 0 Å². The topological polar surface area (TPSA) is 128 Å². The van der Waals surface area contributed by atoms with Crippen LogP contribution in [-0.2, 0) is 0 Å². The molecule has 162 valence electrons. The fourth-order valence-corrected chi connectivity index (χ4v) is 4.02. The van der Waals surface area contributed by atoms with Crippen LogP contribution in [0.5, 0.6) is 0 Å². The molecule has 10 heteroatoms. The van der Waals surface area contributed by atoms with E-state index in [1.54, 1.807) is 0 Å². The highest BCUT2D eigenvalue weighted by Crippen LogP contribution is 2.21. The third kappa shape index (κ3) is 4.31. The Kier molecular flexibility index (Phi) is 6.31. The first-order valence-electron chi connectivity index (χ1n) is 10.3. The minimum absolute atomic E-state index is 0.0476. The average Bonchev–Trinajstić information content (AvgIpc) is 2.80. The molecule has 2 aliphatic rings. The summed E-state index contributed by atoms with van der Waals surface area (Å²) in [5.41, 5.74) is 3.32. The van der Waals surface area contributed by atoms with E-state index in [9.17, 15) is 14.8 Å². The Bertz CT molecular complexity index is 1020. The molecular weight excluding hydrogens is 398 g/mol. The molecule has 0 amide bonds. The van der Waals surface area contributed by atoms with Crippen LogP contribution in [0.1, 0.15) is 32.8 Å². The Hall–Kier alpha value is -3.21. The highest BCUT2D eigenvalue weighted by atomic mass is 16.5. The van der Waals surface area contributed by atoms with Gasteiger partial charge in [0.05, 0.1) is 5.56 Å². The van der Waals surface area contributed by atoms with Crippen LogP contribution in [0.4, 0.5) is 5.69 Å². The van der Waals surface area contributed by atoms with Crippen LogP contribution in [0.25, 0.3) is 0 Å². The minimum atomic E-state index is -0.456. The summed E-state index contributed by atoms with van der Waals surface area (Å²) in [7, 11) is 0. The Morgan fingerprint density at radius 1 is 1.13 bits per heavy atom. The van der Waals surface area contributed by atoms with Gasteiger partial charge in [-0.15, -0.1) is 0 Å². The standard InChI is InChI=1S/C21H25N7O3/c1-14-11-22-5-3-16(14)28-9-7-27(8-10-28)6-2-4-24-18-19(26-31)20(29)15-12-23-13-25-17(15)21(18)30/h3,5,11-13,24,26,31H,2,4,6-10H2,1H3/p+1. The monoisotopic (exact) mass is 424 g/mol. The summed E-state index contributed by atoms with van der Waals surface area (Å²) in [5.74, 6) is -0.860. The number of carbonyl (C=O) groups is 2. The first-order chi connectivity index (χ1) is 15.1. The molecule has 2 aromatic rings. The van der Waals surface area contributed by atoms with Crippen LogP contribution in [0.3, 0.4) is 0 Å². The molecule has 4 N–H and O–H groups in total. The molecule has 0 aromatic carbocycles. The minimum Gasteiger partial charge on any atom is -0.377 e. The summed E-state index contributed by atoms with van der Waals surface area (Å²) in [6.07, 6.45) is 7.06. The average molecular weight is 424 g/mol. The Balaban J connectivity index is 1.29. The van der Waals surface area contributed by atoms with Gasteiger partial charge in [0.15, 0.2) is 5.70 Å². The summed E-state index contributed by atoms with van der Waals surface area (Å²) in [5, 5.41) is 12.6. The zero-order valence-corrected chi connectivity index (χ0v) is 17.4. The summed E-state index contributed by atoms with van der Waals surface area (Å²) in [6, 6.07) is 2.06. The molecule has 0 saturated carbocycles. The zero-order chi connectivity index (χ0) is 21.8. The number of pyridine rings is 1. The van der Waals surface area contributed by atoms with Gasteiger partial charge in [-0.05, 0) is 31.5 Å². The van der Waals surface area contributed by atoms with Gasteiger partial charge in [-0.25, -0.2) is 15.2 Å². The third-order valence-electron chi connectivity index (χ3n) is 5.70. The van der Waals surface area contributed by atoms with Gasteiger partial charge < -0.3 is 10.2 Å². The number of hydrogen-bond donors (Lipinski definition) is 3. The van der Waals surface area contributed by atoms with Crippen molar-refractivity contribution in [2.45, 2.75) is 13.3 Å². The van der Waals surface area contributed by atoms with Crippen LogP contribution >= 0.6 is 0 Å². The molecule has 10 nitrogen and oxygen atoms in total. The second-order valence-electron chi connectivity index (χ2n) is 7.63. The summed E-state index contributed by atoms with van der Waals surface area (Å²) < 4.78 is 0. The van der Waals surface area contributed by atoms with E-state index in [1.807, 2.05) is 12.4 Å². The van der Waals surface area contributed by atoms with E-state index in [1.165, 1.54) is 23.8 Å². The summed E-state index contributed by atoms with van der Waals surface area (Å²) in [6.45, 7) is 7.30. The van der Waals surface area contributed by atoms with E-state index in [-0.39, 0.29) is 22.7 Å². The van der Waals surface area contributed by atoms with Crippen molar-refractivity contribution in [3.63, 3.8) is 0 Å². The van der Waals surface area contributed by atoms with Gasteiger partial charge in [0.1, 0.15) is 12.0 Å². The Labute approximate surface area is 180 Å². The molecular formula is C21H26N7O3+. The first-order valence-corrected chi connectivity index (χ1v) is 10.3.